The van der Waals surface area contributed by atoms with Gasteiger partial charge < -0.3 is 5.11 Å². The minimum Gasteiger partial charge on any atom is -0.373 e. The van der Waals surface area contributed by atoms with Crippen LogP contribution in [0.5, 0.6) is 0 Å². The van der Waals surface area contributed by atoms with Crippen molar-refractivity contribution < 1.29 is 9.90 Å². The van der Waals surface area contributed by atoms with Crippen LogP contribution < -0.4 is 0 Å². The van der Waals surface area contributed by atoms with Gasteiger partial charge in [0.2, 0.25) is 0 Å². The highest BCUT2D eigenvalue weighted by molar-refractivity contribution is 6.03. The summed E-state index contributed by atoms with van der Waals surface area (Å²) in [5.74, 6) is 2.17. The SMILES string of the molecule is O=C(C12CC3CC(CC(C3)C1)C2)C1(O)c2ccccc2-c2ccccc21. The summed E-state index contributed by atoms with van der Waals surface area (Å²) in [6.45, 7) is 0. The van der Waals surface area contributed by atoms with Crippen molar-refractivity contribution in [2.24, 2.45) is 23.2 Å². The Bertz CT molecular complexity index is 845. The molecule has 2 aromatic carbocycles. The highest BCUT2D eigenvalue weighted by atomic mass is 16.3. The fourth-order valence-electron chi connectivity index (χ4n) is 7.23. The molecule has 2 aromatic rings. The summed E-state index contributed by atoms with van der Waals surface area (Å²) in [5, 5.41) is 12.0. The maximum atomic E-state index is 14.1. The summed E-state index contributed by atoms with van der Waals surface area (Å²) in [7, 11) is 0. The first kappa shape index (κ1) is 15.2. The van der Waals surface area contributed by atoms with Gasteiger partial charge in [-0.05, 0) is 67.4 Å². The number of benzene rings is 2. The molecule has 5 aliphatic rings. The first-order valence-electron chi connectivity index (χ1n) is 10.1. The van der Waals surface area contributed by atoms with Crippen LogP contribution in [-0.4, -0.2) is 10.9 Å². The predicted octanol–water partition coefficient (Wildman–Crippen LogP) is 4.69. The van der Waals surface area contributed by atoms with Gasteiger partial charge in [0.05, 0.1) is 0 Å². The Balaban J connectivity index is 1.54. The Labute approximate surface area is 154 Å². The zero-order chi connectivity index (χ0) is 17.5. The van der Waals surface area contributed by atoms with E-state index in [1.165, 1.54) is 19.3 Å². The van der Waals surface area contributed by atoms with Gasteiger partial charge in [-0.3, -0.25) is 4.79 Å². The molecule has 0 unspecified atom stereocenters. The van der Waals surface area contributed by atoms with Crippen LogP contribution in [0.25, 0.3) is 11.1 Å². The zero-order valence-electron chi connectivity index (χ0n) is 14.9. The molecule has 1 N–H and O–H groups in total. The maximum absolute atomic E-state index is 14.1. The summed E-state index contributed by atoms with van der Waals surface area (Å²) in [5.41, 5.74) is 1.84. The monoisotopic (exact) mass is 344 g/mol. The summed E-state index contributed by atoms with van der Waals surface area (Å²) >= 11 is 0. The van der Waals surface area contributed by atoms with Gasteiger partial charge in [0.25, 0.3) is 0 Å². The van der Waals surface area contributed by atoms with Crippen LogP contribution in [0.2, 0.25) is 0 Å². The van der Waals surface area contributed by atoms with Crippen molar-refractivity contribution >= 4 is 5.78 Å². The molecule has 0 aliphatic heterocycles. The second-order valence-corrected chi connectivity index (χ2v) is 9.33. The minimum atomic E-state index is -1.47. The van der Waals surface area contributed by atoms with Crippen LogP contribution in [0.1, 0.15) is 49.7 Å². The standard InChI is InChI=1S/C24H24O2/c25-22(23-12-15-9-16(13-23)11-17(10-15)14-23)24(26)20-7-3-1-5-18(20)19-6-2-4-8-21(19)24/h1-8,15-17,26H,9-14H2. The van der Waals surface area contributed by atoms with Crippen LogP contribution in [0, 0.1) is 23.2 Å². The molecule has 4 bridgehead atoms. The molecule has 4 saturated carbocycles. The number of carbonyl (C=O) groups is 1. The van der Waals surface area contributed by atoms with E-state index in [0.717, 1.165) is 41.5 Å². The predicted molar refractivity (Wildman–Crippen MR) is 100 cm³/mol. The van der Waals surface area contributed by atoms with E-state index in [9.17, 15) is 9.90 Å². The second kappa shape index (κ2) is 4.86. The van der Waals surface area contributed by atoms with E-state index >= 15 is 0 Å². The van der Waals surface area contributed by atoms with Crippen LogP contribution >= 0.6 is 0 Å². The number of aliphatic hydroxyl groups is 1. The van der Waals surface area contributed by atoms with Gasteiger partial charge in [-0.2, -0.15) is 0 Å². The number of Topliss-reactive ketones (excluding diaryl/α,β-unsaturated/α-hetero) is 1. The molecule has 4 fully saturated rings. The Morgan fingerprint density at radius 2 is 1.19 bits per heavy atom. The third-order valence-electron chi connectivity index (χ3n) is 7.77. The third kappa shape index (κ3) is 1.74. The number of hydrogen-bond donors (Lipinski definition) is 1. The van der Waals surface area contributed by atoms with Crippen LogP contribution in [0.15, 0.2) is 48.5 Å². The third-order valence-corrected chi connectivity index (χ3v) is 7.77. The molecular formula is C24H24O2. The van der Waals surface area contributed by atoms with E-state index in [0.29, 0.717) is 17.8 Å². The molecule has 0 heterocycles. The molecule has 0 radical (unpaired) electrons. The molecule has 7 rings (SSSR count). The molecule has 2 nitrogen and oxygen atoms in total. The normalized spacial score (nSPS) is 35.2. The van der Waals surface area contributed by atoms with Gasteiger partial charge in [0.15, 0.2) is 11.4 Å². The lowest BCUT2D eigenvalue weighted by atomic mass is 9.47. The quantitative estimate of drug-likeness (QED) is 0.858. The Kier molecular flexibility index (Phi) is 2.84. The summed E-state index contributed by atoms with van der Waals surface area (Å²) in [6, 6.07) is 15.9. The fraction of sp³-hybridized carbons (Fsp3) is 0.458. The van der Waals surface area contributed by atoms with Crippen molar-refractivity contribution in [2.45, 2.75) is 44.1 Å². The zero-order valence-corrected chi connectivity index (χ0v) is 14.9. The maximum Gasteiger partial charge on any atom is 0.179 e. The Morgan fingerprint density at radius 3 is 1.65 bits per heavy atom. The molecule has 0 atom stereocenters. The summed E-state index contributed by atoms with van der Waals surface area (Å²) < 4.78 is 0. The molecule has 26 heavy (non-hydrogen) atoms. The van der Waals surface area contributed by atoms with Gasteiger partial charge in [0, 0.05) is 16.5 Å². The molecule has 0 spiro atoms. The molecule has 0 saturated heterocycles. The van der Waals surface area contributed by atoms with Gasteiger partial charge in [0.1, 0.15) is 0 Å². The lowest BCUT2D eigenvalue weighted by Gasteiger charge is -2.57. The van der Waals surface area contributed by atoms with Gasteiger partial charge >= 0.3 is 0 Å². The van der Waals surface area contributed by atoms with Crippen molar-refractivity contribution in [1.82, 2.24) is 0 Å². The van der Waals surface area contributed by atoms with E-state index in [1.54, 1.807) is 0 Å². The molecular weight excluding hydrogens is 320 g/mol. The lowest BCUT2D eigenvalue weighted by molar-refractivity contribution is -0.160. The molecule has 0 amide bonds. The number of hydrogen-bond acceptors (Lipinski definition) is 2. The van der Waals surface area contributed by atoms with Gasteiger partial charge in [-0.25, -0.2) is 0 Å². The highest BCUT2D eigenvalue weighted by Gasteiger charge is 2.61. The molecule has 5 aliphatic carbocycles. The van der Waals surface area contributed by atoms with E-state index in [1.807, 2.05) is 48.5 Å². The topological polar surface area (TPSA) is 37.3 Å². The second-order valence-electron chi connectivity index (χ2n) is 9.33. The Morgan fingerprint density at radius 1 is 0.769 bits per heavy atom. The van der Waals surface area contributed by atoms with Crippen molar-refractivity contribution in [2.75, 3.05) is 0 Å². The smallest absolute Gasteiger partial charge is 0.179 e. The number of carbonyl (C=O) groups excluding carboxylic acids is 1. The first-order chi connectivity index (χ1) is 12.6. The van der Waals surface area contributed by atoms with E-state index in [2.05, 4.69) is 0 Å². The van der Waals surface area contributed by atoms with Crippen molar-refractivity contribution in [3.05, 3.63) is 59.7 Å². The lowest BCUT2D eigenvalue weighted by Crippen LogP contribution is -2.55. The summed E-state index contributed by atoms with van der Waals surface area (Å²) in [4.78, 5) is 14.1. The van der Waals surface area contributed by atoms with E-state index < -0.39 is 5.60 Å². The molecule has 0 aromatic heterocycles. The minimum absolute atomic E-state index is 0.0847. The number of fused-ring (bicyclic) bond motifs is 3. The van der Waals surface area contributed by atoms with E-state index in [-0.39, 0.29) is 11.2 Å². The fourth-order valence-corrected chi connectivity index (χ4v) is 7.23. The average molecular weight is 344 g/mol. The number of ketones is 1. The largest absolute Gasteiger partial charge is 0.373 e. The molecule has 132 valence electrons. The van der Waals surface area contributed by atoms with Crippen molar-refractivity contribution in [1.29, 1.82) is 0 Å². The van der Waals surface area contributed by atoms with Crippen molar-refractivity contribution in [3.63, 3.8) is 0 Å². The Hall–Kier alpha value is -1.93. The highest BCUT2D eigenvalue weighted by Crippen LogP contribution is 2.63. The number of rotatable bonds is 2. The van der Waals surface area contributed by atoms with E-state index in [4.69, 9.17) is 0 Å². The van der Waals surface area contributed by atoms with Gasteiger partial charge in [-0.1, -0.05) is 48.5 Å². The van der Waals surface area contributed by atoms with Crippen LogP contribution in [0.3, 0.4) is 0 Å². The average Bonchev–Trinajstić information content (AvgIpc) is 2.91. The first-order valence-corrected chi connectivity index (χ1v) is 10.1. The molecule has 2 heteroatoms. The van der Waals surface area contributed by atoms with Crippen molar-refractivity contribution in [3.8, 4) is 11.1 Å². The van der Waals surface area contributed by atoms with Crippen LogP contribution in [-0.2, 0) is 10.4 Å². The van der Waals surface area contributed by atoms with Crippen LogP contribution in [0.4, 0.5) is 0 Å². The van der Waals surface area contributed by atoms with Gasteiger partial charge in [-0.15, -0.1) is 0 Å². The summed E-state index contributed by atoms with van der Waals surface area (Å²) in [6.07, 6.45) is 6.88.